The van der Waals surface area contributed by atoms with Gasteiger partial charge in [0.25, 0.3) is 0 Å². The first-order chi connectivity index (χ1) is 7.94. The lowest BCUT2D eigenvalue weighted by atomic mass is 9.98. The maximum Gasteiger partial charge on any atom is 0.307 e. The molecule has 17 heavy (non-hydrogen) atoms. The van der Waals surface area contributed by atoms with Gasteiger partial charge in [-0.05, 0) is 46.6 Å². The van der Waals surface area contributed by atoms with E-state index in [9.17, 15) is 9.90 Å². The number of hydrogen-bond acceptors (Lipinski definition) is 4. The van der Waals surface area contributed by atoms with Gasteiger partial charge in [0.2, 0.25) is 0 Å². The van der Waals surface area contributed by atoms with E-state index < -0.39 is 5.60 Å². The van der Waals surface area contributed by atoms with Crippen molar-refractivity contribution in [3.8, 4) is 0 Å². The maximum atomic E-state index is 11.4. The SMILES string of the molecule is CCOC(=O)CC(C)N1CCCC(C)(O)CC1. The molecule has 0 saturated carbocycles. The molecule has 0 aliphatic carbocycles. The number of esters is 1. The summed E-state index contributed by atoms with van der Waals surface area (Å²) < 4.78 is 4.96. The molecule has 1 rings (SSSR count). The molecule has 0 radical (unpaired) electrons. The van der Waals surface area contributed by atoms with Crippen LogP contribution in [-0.2, 0) is 9.53 Å². The molecule has 1 N–H and O–H groups in total. The Kier molecular flexibility index (Phi) is 5.40. The summed E-state index contributed by atoms with van der Waals surface area (Å²) in [6.07, 6.45) is 3.05. The third-order valence-corrected chi connectivity index (χ3v) is 3.49. The van der Waals surface area contributed by atoms with Gasteiger partial charge in [0.15, 0.2) is 0 Å². The Morgan fingerprint density at radius 3 is 2.82 bits per heavy atom. The number of rotatable bonds is 4. The van der Waals surface area contributed by atoms with Gasteiger partial charge in [-0.15, -0.1) is 0 Å². The lowest BCUT2D eigenvalue weighted by molar-refractivity contribution is -0.144. The molecule has 1 saturated heterocycles. The van der Waals surface area contributed by atoms with Gasteiger partial charge in [0.1, 0.15) is 0 Å². The van der Waals surface area contributed by atoms with Gasteiger partial charge >= 0.3 is 5.97 Å². The largest absolute Gasteiger partial charge is 0.466 e. The van der Waals surface area contributed by atoms with Crippen LogP contribution in [0.25, 0.3) is 0 Å². The summed E-state index contributed by atoms with van der Waals surface area (Å²) >= 11 is 0. The van der Waals surface area contributed by atoms with Crippen LogP contribution in [0.15, 0.2) is 0 Å². The molecular formula is C13H25NO3. The van der Waals surface area contributed by atoms with Crippen molar-refractivity contribution >= 4 is 5.97 Å². The van der Waals surface area contributed by atoms with Gasteiger partial charge in [-0.3, -0.25) is 9.69 Å². The predicted octanol–water partition coefficient (Wildman–Crippen LogP) is 1.57. The van der Waals surface area contributed by atoms with Crippen LogP contribution < -0.4 is 0 Å². The van der Waals surface area contributed by atoms with Gasteiger partial charge in [-0.2, -0.15) is 0 Å². The third kappa shape index (κ3) is 5.04. The number of carbonyl (C=O) groups is 1. The first-order valence-electron chi connectivity index (χ1n) is 6.56. The Labute approximate surface area is 104 Å². The van der Waals surface area contributed by atoms with Crippen molar-refractivity contribution in [1.82, 2.24) is 4.90 Å². The Balaban J connectivity index is 2.41. The molecule has 1 fully saturated rings. The molecule has 0 bridgehead atoms. The van der Waals surface area contributed by atoms with E-state index in [-0.39, 0.29) is 12.0 Å². The second-order valence-corrected chi connectivity index (χ2v) is 5.24. The average Bonchev–Trinajstić information content (AvgIpc) is 2.39. The maximum absolute atomic E-state index is 11.4. The minimum Gasteiger partial charge on any atom is -0.466 e. The van der Waals surface area contributed by atoms with Crippen LogP contribution in [0.3, 0.4) is 0 Å². The number of carbonyl (C=O) groups excluding carboxylic acids is 1. The first-order valence-corrected chi connectivity index (χ1v) is 6.56. The molecule has 100 valence electrons. The molecule has 2 atom stereocenters. The number of nitrogens with zero attached hydrogens (tertiary/aromatic N) is 1. The molecule has 1 aliphatic rings. The van der Waals surface area contributed by atoms with Crippen molar-refractivity contribution in [3.63, 3.8) is 0 Å². The van der Waals surface area contributed by atoms with Crippen LogP contribution in [-0.4, -0.2) is 47.3 Å². The Morgan fingerprint density at radius 2 is 2.18 bits per heavy atom. The average molecular weight is 243 g/mol. The smallest absolute Gasteiger partial charge is 0.307 e. The molecule has 0 spiro atoms. The Morgan fingerprint density at radius 1 is 1.47 bits per heavy atom. The molecule has 0 aromatic rings. The van der Waals surface area contributed by atoms with Crippen LogP contribution in [0.4, 0.5) is 0 Å². The van der Waals surface area contributed by atoms with Gasteiger partial charge < -0.3 is 9.84 Å². The van der Waals surface area contributed by atoms with E-state index in [2.05, 4.69) is 11.8 Å². The lowest BCUT2D eigenvalue weighted by Crippen LogP contribution is -2.36. The van der Waals surface area contributed by atoms with Crippen molar-refractivity contribution in [2.45, 2.75) is 58.1 Å². The summed E-state index contributed by atoms with van der Waals surface area (Å²) in [5, 5.41) is 10.0. The van der Waals surface area contributed by atoms with Crippen LogP contribution in [0.5, 0.6) is 0 Å². The molecule has 0 aromatic carbocycles. The molecule has 0 aromatic heterocycles. The van der Waals surface area contributed by atoms with Gasteiger partial charge in [-0.1, -0.05) is 0 Å². The Bertz CT molecular complexity index is 253. The molecule has 0 amide bonds. The van der Waals surface area contributed by atoms with E-state index in [0.29, 0.717) is 13.0 Å². The standard InChI is InChI=1S/C13H25NO3/c1-4-17-12(15)10-11(2)14-8-5-6-13(3,16)7-9-14/h11,16H,4-10H2,1-3H3. The summed E-state index contributed by atoms with van der Waals surface area (Å²) in [5.41, 5.74) is -0.543. The summed E-state index contributed by atoms with van der Waals surface area (Å²) in [5.74, 6) is -0.129. The second-order valence-electron chi connectivity index (χ2n) is 5.24. The third-order valence-electron chi connectivity index (χ3n) is 3.49. The Hall–Kier alpha value is -0.610. The van der Waals surface area contributed by atoms with E-state index in [1.54, 1.807) is 0 Å². The summed E-state index contributed by atoms with van der Waals surface area (Å²) in [7, 11) is 0. The van der Waals surface area contributed by atoms with Crippen LogP contribution in [0, 0.1) is 0 Å². The zero-order valence-corrected chi connectivity index (χ0v) is 11.2. The molecule has 1 heterocycles. The fraction of sp³-hybridized carbons (Fsp3) is 0.923. The fourth-order valence-electron chi connectivity index (χ4n) is 2.32. The highest BCUT2D eigenvalue weighted by Crippen LogP contribution is 2.23. The van der Waals surface area contributed by atoms with Crippen molar-refractivity contribution in [3.05, 3.63) is 0 Å². The first kappa shape index (κ1) is 14.5. The van der Waals surface area contributed by atoms with Crippen molar-refractivity contribution in [1.29, 1.82) is 0 Å². The minimum atomic E-state index is -0.543. The lowest BCUT2D eigenvalue weighted by Gasteiger charge is -2.27. The minimum absolute atomic E-state index is 0.129. The zero-order valence-electron chi connectivity index (χ0n) is 11.2. The van der Waals surface area contributed by atoms with E-state index in [1.807, 2.05) is 13.8 Å². The molecule has 2 unspecified atom stereocenters. The fourth-order valence-corrected chi connectivity index (χ4v) is 2.32. The highest BCUT2D eigenvalue weighted by Gasteiger charge is 2.27. The monoisotopic (exact) mass is 243 g/mol. The highest BCUT2D eigenvalue weighted by molar-refractivity contribution is 5.70. The van der Waals surface area contributed by atoms with E-state index in [4.69, 9.17) is 4.74 Å². The summed E-state index contributed by atoms with van der Waals surface area (Å²) in [6.45, 7) is 8.03. The summed E-state index contributed by atoms with van der Waals surface area (Å²) in [4.78, 5) is 13.7. The number of hydrogen-bond donors (Lipinski definition) is 1. The van der Waals surface area contributed by atoms with E-state index in [0.717, 1.165) is 32.4 Å². The van der Waals surface area contributed by atoms with Crippen molar-refractivity contribution < 1.29 is 14.6 Å². The van der Waals surface area contributed by atoms with E-state index >= 15 is 0 Å². The van der Waals surface area contributed by atoms with Crippen LogP contribution >= 0.6 is 0 Å². The number of likely N-dealkylation sites (tertiary alicyclic amines) is 1. The van der Waals surface area contributed by atoms with Gasteiger partial charge in [0.05, 0.1) is 18.6 Å². The highest BCUT2D eigenvalue weighted by atomic mass is 16.5. The second kappa shape index (κ2) is 6.36. The molecule has 4 heteroatoms. The summed E-state index contributed by atoms with van der Waals surface area (Å²) in [6, 6.07) is 0.197. The molecule has 4 nitrogen and oxygen atoms in total. The normalized spacial score (nSPS) is 28.5. The quantitative estimate of drug-likeness (QED) is 0.761. The molecular weight excluding hydrogens is 218 g/mol. The zero-order chi connectivity index (χ0) is 12.9. The van der Waals surface area contributed by atoms with Gasteiger partial charge in [-0.25, -0.2) is 0 Å². The topological polar surface area (TPSA) is 49.8 Å². The molecule has 1 aliphatic heterocycles. The van der Waals surface area contributed by atoms with Crippen molar-refractivity contribution in [2.75, 3.05) is 19.7 Å². The van der Waals surface area contributed by atoms with E-state index in [1.165, 1.54) is 0 Å². The van der Waals surface area contributed by atoms with Crippen LogP contribution in [0.2, 0.25) is 0 Å². The predicted molar refractivity (Wildman–Crippen MR) is 66.8 cm³/mol. The number of ether oxygens (including phenoxy) is 1. The number of aliphatic hydroxyl groups is 1. The van der Waals surface area contributed by atoms with Gasteiger partial charge in [0, 0.05) is 12.6 Å². The van der Waals surface area contributed by atoms with Crippen LogP contribution in [0.1, 0.15) is 46.5 Å². The van der Waals surface area contributed by atoms with Crippen molar-refractivity contribution in [2.24, 2.45) is 0 Å².